The Morgan fingerprint density at radius 2 is 1.77 bits per heavy atom. The Hall–Kier alpha value is -1.48. The van der Waals surface area contributed by atoms with Crippen molar-refractivity contribution < 1.29 is 17.9 Å². The number of piperazine rings is 1. The molecule has 0 aromatic heterocycles. The largest absolute Gasteiger partial charge is 0.383 e. The number of carbonyl (C=O) groups excluding carboxylic acids is 1. The summed E-state index contributed by atoms with van der Waals surface area (Å²) in [4.78, 5) is 14.1. The minimum atomic E-state index is -3.55. The third-order valence-corrected chi connectivity index (χ3v) is 6.83. The molecule has 0 bridgehead atoms. The second-order valence-electron chi connectivity index (χ2n) is 6.67. The molecule has 0 spiro atoms. The lowest BCUT2D eigenvalue weighted by Crippen LogP contribution is -2.55. The van der Waals surface area contributed by atoms with E-state index in [1.807, 2.05) is 12.1 Å². The third-order valence-electron chi connectivity index (χ3n) is 4.91. The monoisotopic (exact) mass is 383 g/mol. The van der Waals surface area contributed by atoms with E-state index in [2.05, 4.69) is 13.8 Å². The van der Waals surface area contributed by atoms with Crippen molar-refractivity contribution in [1.29, 1.82) is 0 Å². The van der Waals surface area contributed by atoms with E-state index in [0.29, 0.717) is 23.9 Å². The van der Waals surface area contributed by atoms with Gasteiger partial charge < -0.3 is 15.4 Å². The summed E-state index contributed by atoms with van der Waals surface area (Å²) in [6.45, 7) is 5.57. The van der Waals surface area contributed by atoms with Crippen molar-refractivity contribution in [2.45, 2.75) is 37.1 Å². The maximum Gasteiger partial charge on any atom is 0.243 e. The first-order valence-electron chi connectivity index (χ1n) is 8.94. The van der Waals surface area contributed by atoms with Crippen LogP contribution in [0.2, 0.25) is 0 Å². The fraction of sp³-hybridized carbons (Fsp3) is 0.611. The van der Waals surface area contributed by atoms with Crippen molar-refractivity contribution in [3.8, 4) is 0 Å². The third kappa shape index (κ3) is 4.62. The Bertz CT molecular complexity index is 698. The zero-order valence-corrected chi connectivity index (χ0v) is 16.5. The van der Waals surface area contributed by atoms with Gasteiger partial charge in [-0.25, -0.2) is 8.42 Å². The average molecular weight is 384 g/mol. The van der Waals surface area contributed by atoms with E-state index in [-0.39, 0.29) is 25.6 Å². The van der Waals surface area contributed by atoms with E-state index in [1.54, 1.807) is 17.0 Å². The fourth-order valence-corrected chi connectivity index (χ4v) is 4.41. The highest BCUT2D eigenvalue weighted by Crippen LogP contribution is 2.23. The smallest absolute Gasteiger partial charge is 0.243 e. The number of carbonyl (C=O) groups is 1. The first kappa shape index (κ1) is 20.8. The summed E-state index contributed by atoms with van der Waals surface area (Å²) in [5.41, 5.74) is 6.91. The van der Waals surface area contributed by atoms with E-state index < -0.39 is 16.1 Å². The van der Waals surface area contributed by atoms with Crippen molar-refractivity contribution in [3.05, 3.63) is 29.8 Å². The summed E-state index contributed by atoms with van der Waals surface area (Å²) >= 11 is 0. The predicted molar refractivity (Wildman–Crippen MR) is 100 cm³/mol. The van der Waals surface area contributed by atoms with Crippen LogP contribution in [0.3, 0.4) is 0 Å². The highest BCUT2D eigenvalue weighted by Gasteiger charge is 2.31. The van der Waals surface area contributed by atoms with Gasteiger partial charge in [0.15, 0.2) is 0 Å². The number of methoxy groups -OCH3 is 1. The van der Waals surface area contributed by atoms with Crippen LogP contribution < -0.4 is 5.73 Å². The van der Waals surface area contributed by atoms with Gasteiger partial charge in [-0.2, -0.15) is 4.31 Å². The maximum absolute atomic E-state index is 12.8. The molecule has 8 heteroatoms. The van der Waals surface area contributed by atoms with Crippen LogP contribution in [0.25, 0.3) is 0 Å². The Balaban J connectivity index is 2.02. The second-order valence-corrected chi connectivity index (χ2v) is 8.61. The Morgan fingerprint density at radius 1 is 1.19 bits per heavy atom. The molecule has 0 saturated carbocycles. The molecule has 1 heterocycles. The van der Waals surface area contributed by atoms with Gasteiger partial charge in [-0.1, -0.05) is 26.0 Å². The maximum atomic E-state index is 12.8. The van der Waals surface area contributed by atoms with Gasteiger partial charge in [0.1, 0.15) is 6.04 Å². The molecule has 1 aromatic rings. The fourth-order valence-electron chi connectivity index (χ4n) is 2.99. The van der Waals surface area contributed by atoms with Crippen LogP contribution in [0, 0.1) is 0 Å². The topological polar surface area (TPSA) is 92.9 Å². The molecular formula is C18H29N3O4S. The second kappa shape index (κ2) is 8.94. The Labute approximate surface area is 156 Å². The number of ether oxygens (including phenoxy) is 1. The van der Waals surface area contributed by atoms with Crippen LogP contribution >= 0.6 is 0 Å². The number of hydrogen-bond acceptors (Lipinski definition) is 5. The number of nitrogens with two attached hydrogens (primary N) is 1. The first-order valence-corrected chi connectivity index (χ1v) is 10.4. The molecular weight excluding hydrogens is 354 g/mol. The van der Waals surface area contributed by atoms with Crippen LogP contribution in [0.1, 0.15) is 31.7 Å². The molecule has 1 amide bonds. The summed E-state index contributed by atoms with van der Waals surface area (Å²) in [5, 5.41) is 0. The van der Waals surface area contributed by atoms with Gasteiger partial charge in [0.2, 0.25) is 15.9 Å². The van der Waals surface area contributed by atoms with Gasteiger partial charge in [-0.05, 0) is 30.0 Å². The zero-order chi connectivity index (χ0) is 19.3. The van der Waals surface area contributed by atoms with E-state index in [9.17, 15) is 13.2 Å². The van der Waals surface area contributed by atoms with Crippen molar-refractivity contribution in [2.24, 2.45) is 5.73 Å². The van der Waals surface area contributed by atoms with Gasteiger partial charge in [0.25, 0.3) is 0 Å². The van der Waals surface area contributed by atoms with Gasteiger partial charge in [0, 0.05) is 33.3 Å². The molecule has 7 nitrogen and oxygen atoms in total. The quantitative estimate of drug-likeness (QED) is 0.758. The van der Waals surface area contributed by atoms with Crippen LogP contribution in [-0.2, 0) is 19.6 Å². The zero-order valence-electron chi connectivity index (χ0n) is 15.7. The standard InChI is InChI=1S/C18H29N3O4S/c1-4-14(2)15-5-7-16(8-6-15)26(23,24)21-11-9-20(10-12-21)18(22)17(19)13-25-3/h5-8,14,17H,4,9-13,19H2,1-3H3. The number of rotatable bonds is 7. The van der Waals surface area contributed by atoms with Gasteiger partial charge in [-0.15, -0.1) is 0 Å². The molecule has 0 aliphatic carbocycles. The molecule has 26 heavy (non-hydrogen) atoms. The lowest BCUT2D eigenvalue weighted by molar-refractivity contribution is -0.134. The SMILES string of the molecule is CCC(C)c1ccc(S(=O)(=O)N2CCN(C(=O)C(N)COC)CC2)cc1. The van der Waals surface area contributed by atoms with Gasteiger partial charge in [0.05, 0.1) is 11.5 Å². The molecule has 2 atom stereocenters. The average Bonchev–Trinajstić information content (AvgIpc) is 2.67. The molecule has 1 aromatic carbocycles. The molecule has 1 fully saturated rings. The number of benzene rings is 1. The Morgan fingerprint density at radius 3 is 2.27 bits per heavy atom. The number of nitrogens with zero attached hydrogens (tertiary/aromatic N) is 2. The molecule has 1 aliphatic heterocycles. The van der Waals surface area contributed by atoms with Crippen LogP contribution in [0.5, 0.6) is 0 Å². The molecule has 2 rings (SSSR count). The lowest BCUT2D eigenvalue weighted by atomic mass is 9.99. The molecule has 1 aliphatic rings. The molecule has 0 radical (unpaired) electrons. The van der Waals surface area contributed by atoms with Crippen molar-refractivity contribution in [2.75, 3.05) is 39.9 Å². The molecule has 146 valence electrons. The van der Waals surface area contributed by atoms with Crippen LogP contribution in [0.4, 0.5) is 0 Å². The normalized spacial score (nSPS) is 18.5. The van der Waals surface area contributed by atoms with E-state index >= 15 is 0 Å². The van der Waals surface area contributed by atoms with E-state index in [0.717, 1.165) is 12.0 Å². The van der Waals surface area contributed by atoms with Gasteiger partial charge >= 0.3 is 0 Å². The van der Waals surface area contributed by atoms with Crippen molar-refractivity contribution in [1.82, 2.24) is 9.21 Å². The molecule has 2 N–H and O–H groups in total. The summed E-state index contributed by atoms with van der Waals surface area (Å²) in [6, 6.07) is 6.39. The molecule has 1 saturated heterocycles. The van der Waals surface area contributed by atoms with Crippen LogP contribution in [0.15, 0.2) is 29.2 Å². The van der Waals surface area contributed by atoms with Crippen molar-refractivity contribution in [3.63, 3.8) is 0 Å². The highest BCUT2D eigenvalue weighted by molar-refractivity contribution is 7.89. The van der Waals surface area contributed by atoms with E-state index in [4.69, 9.17) is 10.5 Å². The summed E-state index contributed by atoms with van der Waals surface area (Å²) in [6.07, 6.45) is 1.01. The van der Waals surface area contributed by atoms with E-state index in [1.165, 1.54) is 11.4 Å². The number of amides is 1. The minimum absolute atomic E-state index is 0.153. The highest BCUT2D eigenvalue weighted by atomic mass is 32.2. The number of sulfonamides is 1. The minimum Gasteiger partial charge on any atom is -0.383 e. The molecule has 2 unspecified atom stereocenters. The predicted octanol–water partition coefficient (Wildman–Crippen LogP) is 1.01. The summed E-state index contributed by atoms with van der Waals surface area (Å²) in [5.74, 6) is 0.194. The van der Waals surface area contributed by atoms with Gasteiger partial charge in [-0.3, -0.25) is 4.79 Å². The summed E-state index contributed by atoms with van der Waals surface area (Å²) in [7, 11) is -2.06. The number of hydrogen-bond donors (Lipinski definition) is 1. The first-order chi connectivity index (χ1) is 12.3. The summed E-state index contributed by atoms with van der Waals surface area (Å²) < 4.78 is 32.0. The lowest BCUT2D eigenvalue weighted by Gasteiger charge is -2.35. The van der Waals surface area contributed by atoms with Crippen LogP contribution in [-0.4, -0.2) is 69.5 Å². The van der Waals surface area contributed by atoms with Crippen molar-refractivity contribution >= 4 is 15.9 Å². The Kier molecular flexibility index (Phi) is 7.16.